The van der Waals surface area contributed by atoms with E-state index in [0.29, 0.717) is 63.6 Å². The third-order valence-electron chi connectivity index (χ3n) is 9.92. The first-order valence-corrected chi connectivity index (χ1v) is 20.7. The summed E-state index contributed by atoms with van der Waals surface area (Å²) < 4.78 is 106. The number of ether oxygens (including phenoxy) is 2. The number of halogens is 6. The standard InChI is InChI=1S/C37H51F6N3O6Si2/c1-34(2,33(51-53-6)52-54-7)31-17-24(8-9-30(31)35(3,4)48)16-28-21-44(10-11-45-14-15-50-29(22-45)23-49-5)12-13-46(28)32(47)25-18-26(36(38,39)40)20-27(19-25)37(41,42)43/h8-9,17-20,28-29,33,48H,10-16,21-23H2,1-7H3/t28-,29+/m1/s1. The van der Waals surface area contributed by atoms with Gasteiger partial charge in [-0.25, -0.2) is 0 Å². The molecule has 0 aromatic heterocycles. The molecule has 2 aromatic rings. The van der Waals surface area contributed by atoms with Gasteiger partial charge in [-0.1, -0.05) is 32.0 Å². The average Bonchev–Trinajstić information content (AvgIpc) is 3.09. The second-order valence-electron chi connectivity index (χ2n) is 14.8. The highest BCUT2D eigenvalue weighted by atomic mass is 28.2. The fourth-order valence-electron chi connectivity index (χ4n) is 7.08. The van der Waals surface area contributed by atoms with Gasteiger partial charge in [0.2, 0.25) is 19.5 Å². The number of piperazine rings is 1. The summed E-state index contributed by atoms with van der Waals surface area (Å²) in [6.07, 6.45) is -10.6. The molecule has 0 spiro atoms. The minimum atomic E-state index is -5.09. The fraction of sp³-hybridized carbons (Fsp3) is 0.649. The topological polar surface area (TPSA) is 83.9 Å². The van der Waals surface area contributed by atoms with Crippen LogP contribution in [0.3, 0.4) is 0 Å². The molecule has 0 bridgehead atoms. The molecule has 1 N–H and O–H groups in total. The predicted molar refractivity (Wildman–Crippen MR) is 193 cm³/mol. The van der Waals surface area contributed by atoms with Crippen molar-refractivity contribution >= 4 is 25.4 Å². The molecule has 0 aliphatic carbocycles. The number of morpholine rings is 1. The predicted octanol–water partition coefficient (Wildman–Crippen LogP) is 5.64. The molecule has 0 saturated carbocycles. The van der Waals surface area contributed by atoms with Crippen LogP contribution in [0.4, 0.5) is 26.3 Å². The number of hydrogen-bond donors (Lipinski definition) is 1. The van der Waals surface area contributed by atoms with Crippen LogP contribution >= 0.6 is 0 Å². The summed E-state index contributed by atoms with van der Waals surface area (Å²) in [5, 5.41) is 11.2. The summed E-state index contributed by atoms with van der Waals surface area (Å²) in [5.41, 5.74) is -3.59. The Kier molecular flexibility index (Phi) is 15.0. The molecule has 0 unspecified atom stereocenters. The Hall–Kier alpha value is -2.36. The Labute approximate surface area is 319 Å². The van der Waals surface area contributed by atoms with Gasteiger partial charge in [-0.3, -0.25) is 14.6 Å². The molecule has 4 rings (SSSR count). The molecule has 2 saturated heterocycles. The molecular formula is C37H51F6N3O6Si2. The third-order valence-corrected chi connectivity index (χ3v) is 10.8. The number of benzene rings is 2. The molecule has 1 amide bonds. The molecule has 2 aliphatic heterocycles. The SMILES string of the molecule is COC[C@@H]1CN(CCN2CCN(C(=O)c3cc(C(F)(F)F)cc(C(F)(F)F)c3)[C@H](Cc3ccc(C(C)(C)O)c(C(C)(C)C(O[Si]C)O[Si]C)c3)C2)CCO1. The number of carbonyl (C=O) groups is 1. The van der Waals surface area contributed by atoms with Gasteiger partial charge in [0.15, 0.2) is 0 Å². The maximum Gasteiger partial charge on any atom is 0.416 e. The van der Waals surface area contributed by atoms with Crippen molar-refractivity contribution < 1.29 is 54.6 Å². The van der Waals surface area contributed by atoms with E-state index in [1.165, 1.54) is 4.90 Å². The highest BCUT2D eigenvalue weighted by Gasteiger charge is 2.41. The fourth-order valence-corrected chi connectivity index (χ4v) is 8.29. The van der Waals surface area contributed by atoms with E-state index in [1.807, 2.05) is 45.1 Å². The highest BCUT2D eigenvalue weighted by molar-refractivity contribution is 6.26. The van der Waals surface area contributed by atoms with Gasteiger partial charge < -0.3 is 28.3 Å². The van der Waals surface area contributed by atoms with Crippen molar-refractivity contribution in [3.63, 3.8) is 0 Å². The lowest BCUT2D eigenvalue weighted by Crippen LogP contribution is -2.57. The summed E-state index contributed by atoms with van der Waals surface area (Å²) >= 11 is 0. The molecule has 54 heavy (non-hydrogen) atoms. The normalized spacial score (nSPS) is 19.9. The van der Waals surface area contributed by atoms with Crippen molar-refractivity contribution in [3.05, 3.63) is 69.8 Å². The highest BCUT2D eigenvalue weighted by Crippen LogP contribution is 2.39. The molecule has 300 valence electrons. The first-order valence-electron chi connectivity index (χ1n) is 17.9. The summed E-state index contributed by atoms with van der Waals surface area (Å²) in [6, 6.07) is 6.00. The zero-order chi connectivity index (χ0) is 40.1. The average molecular weight is 804 g/mol. The number of amides is 1. The maximum atomic E-state index is 14.1. The lowest BCUT2D eigenvalue weighted by atomic mass is 9.76. The second kappa shape index (κ2) is 18.3. The Balaban J connectivity index is 1.72. The molecule has 2 atom stereocenters. The van der Waals surface area contributed by atoms with E-state index in [9.17, 15) is 36.2 Å². The van der Waals surface area contributed by atoms with E-state index < -0.39 is 58.3 Å². The zero-order valence-corrected chi connectivity index (χ0v) is 33.9. The van der Waals surface area contributed by atoms with E-state index in [1.54, 1.807) is 21.0 Å². The maximum absolute atomic E-state index is 14.1. The number of rotatable bonds is 15. The van der Waals surface area contributed by atoms with Crippen molar-refractivity contribution in [2.24, 2.45) is 0 Å². The van der Waals surface area contributed by atoms with Crippen LogP contribution in [0, 0.1) is 0 Å². The van der Waals surface area contributed by atoms with Crippen LogP contribution in [0.2, 0.25) is 13.1 Å². The molecule has 2 aliphatic rings. The third kappa shape index (κ3) is 11.4. The van der Waals surface area contributed by atoms with Crippen molar-refractivity contribution in [1.82, 2.24) is 14.7 Å². The number of hydrogen-bond acceptors (Lipinski definition) is 8. The van der Waals surface area contributed by atoms with Gasteiger partial charge >= 0.3 is 12.4 Å². The van der Waals surface area contributed by atoms with Crippen molar-refractivity contribution in [3.8, 4) is 0 Å². The molecule has 2 heterocycles. The van der Waals surface area contributed by atoms with Gasteiger partial charge in [0.25, 0.3) is 5.91 Å². The van der Waals surface area contributed by atoms with Gasteiger partial charge in [-0.2, -0.15) is 26.3 Å². The summed E-state index contributed by atoms with van der Waals surface area (Å²) in [4.78, 5) is 19.9. The van der Waals surface area contributed by atoms with Gasteiger partial charge in [-0.05, 0) is 68.3 Å². The molecule has 2 aromatic carbocycles. The first kappa shape index (κ1) is 44.4. The largest absolute Gasteiger partial charge is 0.416 e. The van der Waals surface area contributed by atoms with Crippen LogP contribution in [0.15, 0.2) is 36.4 Å². The van der Waals surface area contributed by atoms with E-state index in [0.717, 1.165) is 17.7 Å². The molecule has 9 nitrogen and oxygen atoms in total. The van der Waals surface area contributed by atoms with E-state index in [-0.39, 0.29) is 44.7 Å². The van der Waals surface area contributed by atoms with Crippen molar-refractivity contribution in [1.29, 1.82) is 0 Å². The number of alkyl halides is 6. The second-order valence-corrected chi connectivity index (χ2v) is 16.1. The monoisotopic (exact) mass is 803 g/mol. The Morgan fingerprint density at radius 1 is 0.870 bits per heavy atom. The number of aliphatic hydroxyl groups is 1. The Bertz CT molecular complexity index is 1520. The lowest BCUT2D eigenvalue weighted by Gasteiger charge is -2.43. The van der Waals surface area contributed by atoms with Gasteiger partial charge in [0.05, 0.1) is 36.0 Å². The summed E-state index contributed by atoms with van der Waals surface area (Å²) in [5.74, 6) is -0.907. The van der Waals surface area contributed by atoms with Crippen LogP contribution in [-0.2, 0) is 48.1 Å². The van der Waals surface area contributed by atoms with Crippen LogP contribution in [-0.4, -0.2) is 130 Å². The smallest absolute Gasteiger partial charge is 0.393 e. The minimum Gasteiger partial charge on any atom is -0.393 e. The quantitative estimate of drug-likeness (QED) is 0.141. The van der Waals surface area contributed by atoms with E-state index in [4.69, 9.17) is 18.3 Å². The zero-order valence-electron chi connectivity index (χ0n) is 31.9. The van der Waals surface area contributed by atoms with Crippen LogP contribution < -0.4 is 0 Å². The van der Waals surface area contributed by atoms with Crippen LogP contribution in [0.5, 0.6) is 0 Å². The van der Waals surface area contributed by atoms with Crippen molar-refractivity contribution in [2.75, 3.05) is 66.1 Å². The van der Waals surface area contributed by atoms with Gasteiger partial charge in [0, 0.05) is 69.9 Å². The molecule has 17 heteroatoms. The van der Waals surface area contributed by atoms with Gasteiger partial charge in [0.1, 0.15) is 6.29 Å². The molecule has 4 radical (unpaired) electrons. The van der Waals surface area contributed by atoms with Gasteiger partial charge in [-0.15, -0.1) is 0 Å². The number of methoxy groups -OCH3 is 1. The number of nitrogens with zero attached hydrogens (tertiary/aromatic N) is 3. The van der Waals surface area contributed by atoms with Crippen LogP contribution in [0.25, 0.3) is 0 Å². The first-order chi connectivity index (χ1) is 25.2. The minimum absolute atomic E-state index is 0.0290. The molecule has 2 fully saturated rings. The van der Waals surface area contributed by atoms with Crippen LogP contribution in [0.1, 0.15) is 65.9 Å². The lowest BCUT2D eigenvalue weighted by molar-refractivity contribution is -0.143. The van der Waals surface area contributed by atoms with E-state index in [2.05, 4.69) is 9.80 Å². The summed E-state index contributed by atoms with van der Waals surface area (Å²) in [7, 11) is 1.87. The Morgan fingerprint density at radius 2 is 1.46 bits per heavy atom. The van der Waals surface area contributed by atoms with Crippen molar-refractivity contribution in [2.45, 2.75) is 89.0 Å². The Morgan fingerprint density at radius 3 is 2.00 bits per heavy atom. The number of carbonyl (C=O) groups excluding carboxylic acids is 1. The van der Waals surface area contributed by atoms with E-state index >= 15 is 0 Å². The molecular weight excluding hydrogens is 753 g/mol. The summed E-state index contributed by atoms with van der Waals surface area (Å²) in [6.45, 7) is 15.6.